The van der Waals surface area contributed by atoms with Gasteiger partial charge in [-0.1, -0.05) is 23.8 Å². The second-order valence-electron chi connectivity index (χ2n) is 3.05. The van der Waals surface area contributed by atoms with E-state index in [4.69, 9.17) is 0 Å². The SMILES string of the molecule is CC=C1CC2C=CC1C2.[Zn]. The third-order valence-corrected chi connectivity index (χ3v) is 2.52. The van der Waals surface area contributed by atoms with Gasteiger partial charge < -0.3 is 0 Å². The Bertz CT molecular complexity index is 179. The first-order chi connectivity index (χ1) is 4.40. The van der Waals surface area contributed by atoms with Crippen molar-refractivity contribution in [2.75, 3.05) is 0 Å². The molecule has 0 saturated heterocycles. The Morgan fingerprint density at radius 2 is 2.30 bits per heavy atom. The summed E-state index contributed by atoms with van der Waals surface area (Å²) in [6.07, 6.45) is 9.77. The van der Waals surface area contributed by atoms with E-state index >= 15 is 0 Å². The maximum Gasteiger partial charge on any atom is 0 e. The van der Waals surface area contributed by atoms with Gasteiger partial charge in [0, 0.05) is 19.5 Å². The Hall–Kier alpha value is 0.103. The maximum absolute atomic E-state index is 2.37. The Labute approximate surface area is 75.2 Å². The Kier molecular flexibility index (Phi) is 2.47. The molecule has 10 heavy (non-hydrogen) atoms. The topological polar surface area (TPSA) is 0 Å². The van der Waals surface area contributed by atoms with Gasteiger partial charge in [-0.05, 0) is 31.6 Å². The summed E-state index contributed by atoms with van der Waals surface area (Å²) in [5, 5.41) is 0. The fourth-order valence-corrected chi connectivity index (χ4v) is 1.99. The first-order valence-electron chi connectivity index (χ1n) is 3.73. The van der Waals surface area contributed by atoms with Crippen LogP contribution in [0.1, 0.15) is 19.8 Å². The number of hydrogen-bond donors (Lipinski definition) is 0. The molecule has 2 bridgehead atoms. The van der Waals surface area contributed by atoms with Gasteiger partial charge in [-0.15, -0.1) is 0 Å². The van der Waals surface area contributed by atoms with Crippen LogP contribution in [-0.2, 0) is 19.5 Å². The summed E-state index contributed by atoms with van der Waals surface area (Å²) in [6, 6.07) is 0. The molecule has 0 N–H and O–H groups in total. The third kappa shape index (κ3) is 1.12. The molecule has 2 aliphatic carbocycles. The second-order valence-corrected chi connectivity index (χ2v) is 3.05. The van der Waals surface area contributed by atoms with Gasteiger partial charge in [0.1, 0.15) is 0 Å². The largest absolute Gasteiger partial charge is 0.0878 e. The van der Waals surface area contributed by atoms with Crippen molar-refractivity contribution in [1.82, 2.24) is 0 Å². The van der Waals surface area contributed by atoms with E-state index in [1.54, 1.807) is 5.57 Å². The second kappa shape index (κ2) is 3.01. The average molecular weight is 186 g/mol. The van der Waals surface area contributed by atoms with Gasteiger partial charge in [-0.3, -0.25) is 0 Å². The van der Waals surface area contributed by atoms with E-state index in [-0.39, 0.29) is 19.5 Å². The van der Waals surface area contributed by atoms with Crippen molar-refractivity contribution in [3.8, 4) is 0 Å². The van der Waals surface area contributed by atoms with Crippen molar-refractivity contribution < 1.29 is 19.5 Å². The van der Waals surface area contributed by atoms with Crippen LogP contribution in [0.3, 0.4) is 0 Å². The van der Waals surface area contributed by atoms with Crippen molar-refractivity contribution in [3.05, 3.63) is 23.8 Å². The van der Waals surface area contributed by atoms with Crippen LogP contribution in [0.15, 0.2) is 23.8 Å². The molecule has 0 aliphatic heterocycles. The molecule has 0 spiro atoms. The number of hydrogen-bond acceptors (Lipinski definition) is 0. The smallest absolute Gasteiger partial charge is 0 e. The van der Waals surface area contributed by atoms with Crippen molar-refractivity contribution in [2.24, 2.45) is 11.8 Å². The standard InChI is InChI=1S/C9H12.Zn/c1-2-8-5-7-3-4-9(8)6-7;/h2-4,7,9H,5-6H2,1H3;. The van der Waals surface area contributed by atoms with E-state index < -0.39 is 0 Å². The minimum atomic E-state index is 0. The fourth-order valence-electron chi connectivity index (χ4n) is 1.99. The van der Waals surface area contributed by atoms with E-state index in [0.717, 1.165) is 11.8 Å². The quantitative estimate of drug-likeness (QED) is 0.402. The molecule has 50 valence electrons. The number of rotatable bonds is 0. The summed E-state index contributed by atoms with van der Waals surface area (Å²) in [5.41, 5.74) is 1.67. The molecule has 0 aromatic heterocycles. The zero-order valence-corrected chi connectivity index (χ0v) is 9.48. The van der Waals surface area contributed by atoms with E-state index in [2.05, 4.69) is 25.2 Å². The minimum Gasteiger partial charge on any atom is -0.0878 e. The van der Waals surface area contributed by atoms with Gasteiger partial charge in [-0.2, -0.15) is 0 Å². The molecule has 2 atom stereocenters. The van der Waals surface area contributed by atoms with Crippen LogP contribution in [0.4, 0.5) is 0 Å². The van der Waals surface area contributed by atoms with E-state index in [1.807, 2.05) is 0 Å². The third-order valence-electron chi connectivity index (χ3n) is 2.52. The minimum absolute atomic E-state index is 0. The summed E-state index contributed by atoms with van der Waals surface area (Å²) in [7, 11) is 0. The summed E-state index contributed by atoms with van der Waals surface area (Å²) in [6.45, 7) is 2.16. The average Bonchev–Trinajstić information content (AvgIpc) is 2.45. The van der Waals surface area contributed by atoms with E-state index in [9.17, 15) is 0 Å². The molecule has 2 rings (SSSR count). The fraction of sp³-hybridized carbons (Fsp3) is 0.556. The molecule has 1 fully saturated rings. The molecular formula is C9H12Zn. The van der Waals surface area contributed by atoms with Gasteiger partial charge in [0.05, 0.1) is 0 Å². The molecule has 2 aliphatic rings. The Balaban J connectivity index is 0.000000500. The zero-order chi connectivity index (χ0) is 6.27. The molecule has 1 heteroatoms. The van der Waals surface area contributed by atoms with Crippen molar-refractivity contribution in [2.45, 2.75) is 19.8 Å². The Morgan fingerprint density at radius 3 is 2.60 bits per heavy atom. The maximum atomic E-state index is 2.37. The van der Waals surface area contributed by atoms with Crippen LogP contribution in [0.5, 0.6) is 0 Å². The molecule has 0 aromatic rings. The molecule has 0 heterocycles. The molecule has 0 nitrogen and oxygen atoms in total. The first kappa shape index (κ1) is 8.20. The summed E-state index contributed by atoms with van der Waals surface area (Å²) >= 11 is 0. The van der Waals surface area contributed by atoms with Crippen LogP contribution >= 0.6 is 0 Å². The van der Waals surface area contributed by atoms with Gasteiger partial charge >= 0.3 is 0 Å². The molecule has 0 radical (unpaired) electrons. The van der Waals surface area contributed by atoms with Gasteiger partial charge in [0.15, 0.2) is 0 Å². The molecule has 0 aromatic carbocycles. The van der Waals surface area contributed by atoms with Crippen molar-refractivity contribution >= 4 is 0 Å². The number of fused-ring (bicyclic) bond motifs is 2. The van der Waals surface area contributed by atoms with Crippen LogP contribution in [0, 0.1) is 11.8 Å². The van der Waals surface area contributed by atoms with Crippen molar-refractivity contribution in [3.63, 3.8) is 0 Å². The first-order valence-corrected chi connectivity index (χ1v) is 3.73. The zero-order valence-electron chi connectivity index (χ0n) is 6.51. The molecule has 1 saturated carbocycles. The predicted molar refractivity (Wildman–Crippen MR) is 39.1 cm³/mol. The summed E-state index contributed by atoms with van der Waals surface area (Å²) < 4.78 is 0. The van der Waals surface area contributed by atoms with Gasteiger partial charge in [0.25, 0.3) is 0 Å². The monoisotopic (exact) mass is 184 g/mol. The normalized spacial score (nSPS) is 38.7. The Morgan fingerprint density at radius 1 is 1.50 bits per heavy atom. The van der Waals surface area contributed by atoms with Gasteiger partial charge in [-0.25, -0.2) is 0 Å². The van der Waals surface area contributed by atoms with Crippen LogP contribution in [0.2, 0.25) is 0 Å². The van der Waals surface area contributed by atoms with Crippen molar-refractivity contribution in [1.29, 1.82) is 0 Å². The van der Waals surface area contributed by atoms with Crippen LogP contribution in [0.25, 0.3) is 0 Å². The van der Waals surface area contributed by atoms with Crippen LogP contribution in [-0.4, -0.2) is 0 Å². The van der Waals surface area contributed by atoms with Crippen LogP contribution < -0.4 is 0 Å². The predicted octanol–water partition coefficient (Wildman–Crippen LogP) is 2.53. The van der Waals surface area contributed by atoms with E-state index in [0.29, 0.717) is 0 Å². The van der Waals surface area contributed by atoms with Gasteiger partial charge in [0.2, 0.25) is 0 Å². The molecule has 2 unspecified atom stereocenters. The molecular weight excluding hydrogens is 173 g/mol. The van der Waals surface area contributed by atoms with E-state index in [1.165, 1.54) is 12.8 Å². The number of allylic oxidation sites excluding steroid dienone is 4. The summed E-state index contributed by atoms with van der Waals surface area (Å²) in [5.74, 6) is 1.74. The molecule has 0 amide bonds. The summed E-state index contributed by atoms with van der Waals surface area (Å²) in [4.78, 5) is 0.